The molecule has 0 bridgehead atoms. The first-order chi connectivity index (χ1) is 16.5. The van der Waals surface area contributed by atoms with Crippen LogP contribution in [0.1, 0.15) is 33.6 Å². The number of hydrogen-bond acceptors (Lipinski definition) is 4. The Kier molecular flexibility index (Phi) is 7.05. The van der Waals surface area contributed by atoms with E-state index in [1.54, 1.807) is 34.1 Å². The standard InChI is InChI=1S/C27H24ClN5O/c1-19-10-11-22(15-20(19)2)24-16-26(33(31-24)25-9-4-3-8-23(25)28)27(34)32(14-6-12-29)18-21-7-5-13-30-17-21/h3-5,7-11,13,15-17H,6,14,18H2,1-2H3. The van der Waals surface area contributed by atoms with Crippen molar-refractivity contribution in [3.05, 3.63) is 100 Å². The minimum atomic E-state index is -0.235. The zero-order valence-corrected chi connectivity index (χ0v) is 19.8. The fourth-order valence-corrected chi connectivity index (χ4v) is 3.91. The van der Waals surface area contributed by atoms with Gasteiger partial charge in [0.1, 0.15) is 5.69 Å². The lowest BCUT2D eigenvalue weighted by Gasteiger charge is -2.22. The summed E-state index contributed by atoms with van der Waals surface area (Å²) in [6.07, 6.45) is 3.63. The van der Waals surface area contributed by atoms with Gasteiger partial charge in [-0.05, 0) is 60.9 Å². The fraction of sp³-hybridized carbons (Fsp3) is 0.185. The predicted molar refractivity (Wildman–Crippen MR) is 133 cm³/mol. The highest BCUT2D eigenvalue weighted by molar-refractivity contribution is 6.32. The number of pyridine rings is 1. The van der Waals surface area contributed by atoms with Crippen LogP contribution in [0.25, 0.3) is 16.9 Å². The molecule has 0 unspecified atom stereocenters. The van der Waals surface area contributed by atoms with Gasteiger partial charge in [-0.15, -0.1) is 0 Å². The van der Waals surface area contributed by atoms with Gasteiger partial charge < -0.3 is 4.90 Å². The molecule has 2 aromatic heterocycles. The lowest BCUT2D eigenvalue weighted by molar-refractivity contribution is 0.0737. The first-order valence-electron chi connectivity index (χ1n) is 11.0. The summed E-state index contributed by atoms with van der Waals surface area (Å²) in [5.74, 6) is -0.235. The van der Waals surface area contributed by atoms with Crippen molar-refractivity contribution in [2.75, 3.05) is 6.54 Å². The summed E-state index contributed by atoms with van der Waals surface area (Å²) in [5.41, 5.74) is 5.79. The maximum absolute atomic E-state index is 13.8. The molecule has 0 aliphatic rings. The molecule has 0 N–H and O–H groups in total. The van der Waals surface area contributed by atoms with Gasteiger partial charge >= 0.3 is 0 Å². The number of nitriles is 1. The van der Waals surface area contributed by atoms with Gasteiger partial charge in [0, 0.05) is 31.0 Å². The molecule has 0 aliphatic carbocycles. The van der Waals surface area contributed by atoms with Crippen molar-refractivity contribution < 1.29 is 4.79 Å². The normalized spacial score (nSPS) is 10.6. The molecule has 4 rings (SSSR count). The van der Waals surface area contributed by atoms with Crippen molar-refractivity contribution in [1.82, 2.24) is 19.7 Å². The number of hydrogen-bond donors (Lipinski definition) is 0. The number of aryl methyl sites for hydroxylation is 2. The van der Waals surface area contributed by atoms with E-state index in [0.717, 1.165) is 16.7 Å². The van der Waals surface area contributed by atoms with Crippen LogP contribution in [0.3, 0.4) is 0 Å². The molecule has 170 valence electrons. The maximum atomic E-state index is 13.8. The second-order valence-corrected chi connectivity index (χ2v) is 8.48. The van der Waals surface area contributed by atoms with Gasteiger partial charge in [0.05, 0.1) is 28.9 Å². The summed E-state index contributed by atoms with van der Waals surface area (Å²) in [4.78, 5) is 19.6. The summed E-state index contributed by atoms with van der Waals surface area (Å²) in [6.45, 7) is 4.73. The molecule has 0 radical (unpaired) electrons. The number of benzene rings is 2. The smallest absolute Gasteiger partial charge is 0.272 e. The lowest BCUT2D eigenvalue weighted by Crippen LogP contribution is -2.33. The van der Waals surface area contributed by atoms with Gasteiger partial charge in [0.25, 0.3) is 5.91 Å². The predicted octanol–water partition coefficient (Wildman–Crippen LogP) is 5.76. The summed E-state index contributed by atoms with van der Waals surface area (Å²) < 4.78 is 1.60. The number of nitrogens with zero attached hydrogens (tertiary/aromatic N) is 5. The third kappa shape index (κ3) is 5.00. The van der Waals surface area contributed by atoms with Gasteiger partial charge in [-0.25, -0.2) is 4.68 Å². The van der Waals surface area contributed by atoms with Crippen LogP contribution in [0.2, 0.25) is 5.02 Å². The van der Waals surface area contributed by atoms with Crippen molar-refractivity contribution in [3.63, 3.8) is 0 Å². The van der Waals surface area contributed by atoms with E-state index in [-0.39, 0.29) is 18.9 Å². The SMILES string of the molecule is Cc1ccc(-c2cc(C(=O)N(CCC#N)Cc3cccnc3)n(-c3ccccc3Cl)n2)cc1C. The molecule has 0 aliphatic heterocycles. The Morgan fingerprint density at radius 3 is 2.62 bits per heavy atom. The zero-order chi connectivity index (χ0) is 24.1. The van der Waals surface area contributed by atoms with Gasteiger partial charge in [-0.1, -0.05) is 41.9 Å². The zero-order valence-electron chi connectivity index (χ0n) is 19.1. The van der Waals surface area contributed by atoms with E-state index < -0.39 is 0 Å². The molecule has 7 heteroatoms. The highest BCUT2D eigenvalue weighted by Crippen LogP contribution is 2.28. The van der Waals surface area contributed by atoms with Crippen LogP contribution < -0.4 is 0 Å². The number of halogens is 1. The van der Waals surface area contributed by atoms with E-state index in [1.807, 2.05) is 49.4 Å². The van der Waals surface area contributed by atoms with Crippen LogP contribution in [-0.4, -0.2) is 32.1 Å². The van der Waals surface area contributed by atoms with E-state index in [2.05, 4.69) is 24.0 Å². The van der Waals surface area contributed by atoms with Gasteiger partial charge in [-0.2, -0.15) is 10.4 Å². The average Bonchev–Trinajstić information content (AvgIpc) is 3.29. The first-order valence-corrected chi connectivity index (χ1v) is 11.3. The van der Waals surface area contributed by atoms with E-state index in [1.165, 1.54) is 5.56 Å². The van der Waals surface area contributed by atoms with Crippen molar-refractivity contribution in [3.8, 4) is 23.0 Å². The molecular formula is C27H24ClN5O. The first kappa shape index (κ1) is 23.2. The van der Waals surface area contributed by atoms with Crippen molar-refractivity contribution in [1.29, 1.82) is 5.26 Å². The Morgan fingerprint density at radius 1 is 1.09 bits per heavy atom. The quantitative estimate of drug-likeness (QED) is 0.345. The summed E-state index contributed by atoms with van der Waals surface area (Å²) in [6, 6.07) is 21.1. The topological polar surface area (TPSA) is 74.8 Å². The highest BCUT2D eigenvalue weighted by Gasteiger charge is 2.24. The third-order valence-corrected chi connectivity index (χ3v) is 6.01. The second-order valence-electron chi connectivity index (χ2n) is 8.07. The Labute approximate surface area is 204 Å². The van der Waals surface area contributed by atoms with Gasteiger partial charge in [0.2, 0.25) is 0 Å². The molecule has 34 heavy (non-hydrogen) atoms. The minimum Gasteiger partial charge on any atom is -0.332 e. The van der Waals surface area contributed by atoms with Crippen LogP contribution in [0, 0.1) is 25.2 Å². The second kappa shape index (κ2) is 10.3. The van der Waals surface area contributed by atoms with Crippen LogP contribution in [-0.2, 0) is 6.54 Å². The van der Waals surface area contributed by atoms with Crippen LogP contribution in [0.4, 0.5) is 0 Å². The summed E-state index contributed by atoms with van der Waals surface area (Å²) >= 11 is 6.49. The molecule has 0 atom stereocenters. The maximum Gasteiger partial charge on any atom is 0.272 e. The van der Waals surface area contributed by atoms with E-state index in [0.29, 0.717) is 28.6 Å². The number of carbonyl (C=O) groups is 1. The Morgan fingerprint density at radius 2 is 1.91 bits per heavy atom. The number of carbonyl (C=O) groups excluding carboxylic acids is 1. The number of aromatic nitrogens is 3. The van der Waals surface area contributed by atoms with E-state index in [9.17, 15) is 4.79 Å². The third-order valence-electron chi connectivity index (χ3n) is 5.69. The molecule has 2 aromatic carbocycles. The fourth-order valence-electron chi connectivity index (χ4n) is 3.69. The van der Waals surface area contributed by atoms with Gasteiger partial charge in [0.15, 0.2) is 0 Å². The highest BCUT2D eigenvalue weighted by atomic mass is 35.5. The van der Waals surface area contributed by atoms with E-state index in [4.69, 9.17) is 22.0 Å². The van der Waals surface area contributed by atoms with Crippen LogP contribution >= 0.6 is 11.6 Å². The average molecular weight is 470 g/mol. The van der Waals surface area contributed by atoms with Gasteiger partial charge in [-0.3, -0.25) is 9.78 Å². The molecule has 0 saturated carbocycles. The minimum absolute atomic E-state index is 0.218. The number of rotatable bonds is 7. The van der Waals surface area contributed by atoms with Crippen LogP contribution in [0.15, 0.2) is 73.1 Å². The molecular weight excluding hydrogens is 446 g/mol. The Hall–Kier alpha value is -3.95. The molecule has 1 amide bonds. The Balaban J connectivity index is 1.81. The molecule has 4 aromatic rings. The molecule has 0 fully saturated rings. The van der Waals surface area contributed by atoms with Crippen molar-refractivity contribution in [2.45, 2.75) is 26.8 Å². The van der Waals surface area contributed by atoms with Crippen LogP contribution in [0.5, 0.6) is 0 Å². The summed E-state index contributed by atoms with van der Waals surface area (Å²) in [5, 5.41) is 14.4. The largest absolute Gasteiger partial charge is 0.332 e. The molecule has 0 spiro atoms. The Bertz CT molecular complexity index is 1360. The molecule has 6 nitrogen and oxygen atoms in total. The number of amides is 1. The van der Waals surface area contributed by atoms with Crippen molar-refractivity contribution >= 4 is 17.5 Å². The molecule has 2 heterocycles. The lowest BCUT2D eigenvalue weighted by atomic mass is 10.0. The number of para-hydroxylation sites is 1. The summed E-state index contributed by atoms with van der Waals surface area (Å²) in [7, 11) is 0. The molecule has 0 saturated heterocycles. The van der Waals surface area contributed by atoms with E-state index >= 15 is 0 Å². The van der Waals surface area contributed by atoms with Crippen molar-refractivity contribution in [2.24, 2.45) is 0 Å². The monoisotopic (exact) mass is 469 g/mol.